The molecule has 0 bridgehead atoms. The molecule has 0 unspecified atom stereocenters. The molecule has 1 aromatic rings. The highest BCUT2D eigenvalue weighted by Crippen LogP contribution is 2.18. The summed E-state index contributed by atoms with van der Waals surface area (Å²) < 4.78 is 0. The third kappa shape index (κ3) is 1.34. The Balaban J connectivity index is 2.91. The lowest BCUT2D eigenvalue weighted by Crippen LogP contribution is -1.84. The first-order valence-electron chi connectivity index (χ1n) is 3.09. The lowest BCUT2D eigenvalue weighted by Gasteiger charge is -1.94. The lowest BCUT2D eigenvalue weighted by atomic mass is 10.2. The van der Waals surface area contributed by atoms with Gasteiger partial charge in [0.25, 0.3) is 0 Å². The van der Waals surface area contributed by atoms with Crippen LogP contribution in [-0.4, -0.2) is 4.98 Å². The third-order valence-electron chi connectivity index (χ3n) is 1.13. The Bertz CT molecular complexity index is 257. The molecule has 0 aliphatic rings. The van der Waals surface area contributed by atoms with Gasteiger partial charge in [-0.3, -0.25) is 0 Å². The minimum absolute atomic E-state index is 0.437. The predicted molar refractivity (Wildman–Crippen MR) is 40.9 cm³/mol. The van der Waals surface area contributed by atoms with Crippen molar-refractivity contribution in [2.45, 2.75) is 19.8 Å². The molecular formula is C7H8N2S. The van der Waals surface area contributed by atoms with Crippen LogP contribution in [0, 0.1) is 11.3 Å². The first-order chi connectivity index (χ1) is 4.74. The zero-order valence-corrected chi connectivity index (χ0v) is 6.77. The topological polar surface area (TPSA) is 36.7 Å². The minimum atomic E-state index is 0.437. The Morgan fingerprint density at radius 1 is 1.70 bits per heavy atom. The second-order valence-electron chi connectivity index (χ2n) is 2.34. The number of thiazole rings is 1. The Morgan fingerprint density at radius 2 is 2.40 bits per heavy atom. The first-order valence-corrected chi connectivity index (χ1v) is 3.97. The molecule has 52 valence electrons. The van der Waals surface area contributed by atoms with Gasteiger partial charge in [-0.25, -0.2) is 4.98 Å². The maximum Gasteiger partial charge on any atom is 0.151 e. The van der Waals surface area contributed by atoms with Gasteiger partial charge in [-0.1, -0.05) is 13.8 Å². The van der Waals surface area contributed by atoms with Crippen LogP contribution in [0.1, 0.15) is 30.5 Å². The summed E-state index contributed by atoms with van der Waals surface area (Å²) >= 11 is 1.55. The molecule has 0 saturated carbocycles. The van der Waals surface area contributed by atoms with Crippen molar-refractivity contribution < 1.29 is 0 Å². The molecule has 3 heteroatoms. The van der Waals surface area contributed by atoms with Gasteiger partial charge >= 0.3 is 0 Å². The highest BCUT2D eigenvalue weighted by molar-refractivity contribution is 7.09. The SMILES string of the molecule is CC(C)c1nc(C#N)cs1. The van der Waals surface area contributed by atoms with Crippen molar-refractivity contribution in [2.24, 2.45) is 0 Å². The van der Waals surface area contributed by atoms with E-state index >= 15 is 0 Å². The molecule has 0 aliphatic carbocycles. The standard InChI is InChI=1S/C7H8N2S/c1-5(2)7-9-6(3-8)4-10-7/h4-5H,1-2H3. The van der Waals surface area contributed by atoms with Crippen molar-refractivity contribution >= 4 is 11.3 Å². The van der Waals surface area contributed by atoms with Gasteiger partial charge in [0.05, 0.1) is 5.01 Å². The number of hydrogen-bond donors (Lipinski definition) is 0. The van der Waals surface area contributed by atoms with Crippen molar-refractivity contribution in [3.63, 3.8) is 0 Å². The van der Waals surface area contributed by atoms with Crippen LogP contribution in [0.15, 0.2) is 5.38 Å². The van der Waals surface area contributed by atoms with E-state index in [2.05, 4.69) is 18.8 Å². The van der Waals surface area contributed by atoms with Crippen LogP contribution in [0.25, 0.3) is 0 Å². The van der Waals surface area contributed by atoms with E-state index in [1.807, 2.05) is 6.07 Å². The van der Waals surface area contributed by atoms with Gasteiger partial charge in [-0.15, -0.1) is 11.3 Å². The van der Waals surface area contributed by atoms with Crippen molar-refractivity contribution in [3.05, 3.63) is 16.1 Å². The molecule has 0 saturated heterocycles. The van der Waals surface area contributed by atoms with Crippen molar-refractivity contribution in [1.82, 2.24) is 4.98 Å². The molecule has 1 rings (SSSR count). The summed E-state index contributed by atoms with van der Waals surface area (Å²) in [7, 11) is 0. The molecule has 0 amide bonds. The van der Waals surface area contributed by atoms with Crippen molar-refractivity contribution in [3.8, 4) is 6.07 Å². The van der Waals surface area contributed by atoms with E-state index in [1.165, 1.54) is 0 Å². The Labute approximate surface area is 64.1 Å². The molecule has 0 fully saturated rings. The summed E-state index contributed by atoms with van der Waals surface area (Å²) in [4.78, 5) is 4.09. The minimum Gasteiger partial charge on any atom is -0.230 e. The number of aromatic nitrogens is 1. The summed E-state index contributed by atoms with van der Waals surface area (Å²) in [5, 5.41) is 11.3. The second-order valence-corrected chi connectivity index (χ2v) is 3.23. The smallest absolute Gasteiger partial charge is 0.151 e. The van der Waals surface area contributed by atoms with Crippen LogP contribution < -0.4 is 0 Å². The fourth-order valence-corrected chi connectivity index (χ4v) is 1.37. The Hall–Kier alpha value is -0.880. The maximum atomic E-state index is 8.43. The fourth-order valence-electron chi connectivity index (χ4n) is 0.604. The predicted octanol–water partition coefficient (Wildman–Crippen LogP) is 2.14. The monoisotopic (exact) mass is 152 g/mol. The summed E-state index contributed by atoms with van der Waals surface area (Å²) in [6.45, 7) is 4.14. The van der Waals surface area contributed by atoms with Crippen LogP contribution in [-0.2, 0) is 0 Å². The third-order valence-corrected chi connectivity index (χ3v) is 2.28. The van der Waals surface area contributed by atoms with E-state index in [4.69, 9.17) is 5.26 Å². The number of rotatable bonds is 1. The van der Waals surface area contributed by atoms with E-state index in [9.17, 15) is 0 Å². The van der Waals surface area contributed by atoms with Crippen molar-refractivity contribution in [1.29, 1.82) is 5.26 Å². The molecule has 0 aromatic carbocycles. The van der Waals surface area contributed by atoms with Gasteiger partial charge in [0.1, 0.15) is 6.07 Å². The molecule has 0 N–H and O–H groups in total. The average Bonchev–Trinajstić information content (AvgIpc) is 2.34. The van der Waals surface area contributed by atoms with Crippen LogP contribution >= 0.6 is 11.3 Å². The molecule has 0 aliphatic heterocycles. The summed E-state index contributed by atoms with van der Waals surface area (Å²) in [5.41, 5.74) is 0.536. The van der Waals surface area contributed by atoms with E-state index in [0.29, 0.717) is 11.6 Å². The van der Waals surface area contributed by atoms with E-state index < -0.39 is 0 Å². The molecule has 10 heavy (non-hydrogen) atoms. The second kappa shape index (κ2) is 2.80. The van der Waals surface area contributed by atoms with E-state index in [-0.39, 0.29) is 0 Å². The highest BCUT2D eigenvalue weighted by atomic mass is 32.1. The number of hydrogen-bond acceptors (Lipinski definition) is 3. The normalized spacial score (nSPS) is 9.80. The zero-order valence-electron chi connectivity index (χ0n) is 5.96. The van der Waals surface area contributed by atoms with Gasteiger partial charge < -0.3 is 0 Å². The molecule has 0 atom stereocenters. The molecular weight excluding hydrogens is 144 g/mol. The first kappa shape index (κ1) is 7.23. The molecule has 0 spiro atoms. The van der Waals surface area contributed by atoms with Gasteiger partial charge in [-0.2, -0.15) is 5.26 Å². The summed E-state index contributed by atoms with van der Waals surface area (Å²) in [6, 6.07) is 2.00. The Morgan fingerprint density at radius 3 is 2.70 bits per heavy atom. The quantitative estimate of drug-likeness (QED) is 0.618. The number of nitrogens with zero attached hydrogens (tertiary/aromatic N) is 2. The van der Waals surface area contributed by atoms with Crippen LogP contribution in [0.4, 0.5) is 0 Å². The molecule has 2 nitrogen and oxygen atoms in total. The van der Waals surface area contributed by atoms with Gasteiger partial charge in [0.15, 0.2) is 5.69 Å². The van der Waals surface area contributed by atoms with E-state index in [0.717, 1.165) is 5.01 Å². The van der Waals surface area contributed by atoms with Gasteiger partial charge in [0.2, 0.25) is 0 Å². The van der Waals surface area contributed by atoms with Crippen LogP contribution in [0.5, 0.6) is 0 Å². The number of nitriles is 1. The lowest BCUT2D eigenvalue weighted by molar-refractivity contribution is 0.850. The molecule has 1 aromatic heterocycles. The maximum absolute atomic E-state index is 8.43. The fraction of sp³-hybridized carbons (Fsp3) is 0.429. The summed E-state index contributed by atoms with van der Waals surface area (Å²) in [5.74, 6) is 0.437. The molecule has 0 radical (unpaired) electrons. The van der Waals surface area contributed by atoms with E-state index in [1.54, 1.807) is 16.7 Å². The van der Waals surface area contributed by atoms with Gasteiger partial charge in [-0.05, 0) is 0 Å². The highest BCUT2D eigenvalue weighted by Gasteiger charge is 2.03. The largest absolute Gasteiger partial charge is 0.230 e. The Kier molecular flexibility index (Phi) is 2.03. The average molecular weight is 152 g/mol. The van der Waals surface area contributed by atoms with Crippen LogP contribution in [0.3, 0.4) is 0 Å². The van der Waals surface area contributed by atoms with Gasteiger partial charge in [0, 0.05) is 11.3 Å². The summed E-state index contributed by atoms with van der Waals surface area (Å²) in [6.07, 6.45) is 0. The van der Waals surface area contributed by atoms with Crippen molar-refractivity contribution in [2.75, 3.05) is 0 Å². The van der Waals surface area contributed by atoms with Crippen LogP contribution in [0.2, 0.25) is 0 Å². The zero-order chi connectivity index (χ0) is 7.56. The molecule has 1 heterocycles.